The van der Waals surface area contributed by atoms with Crippen molar-refractivity contribution in [2.45, 2.75) is 13.5 Å². The summed E-state index contributed by atoms with van der Waals surface area (Å²) in [6.07, 6.45) is 0. The molecular weight excluding hydrogens is 236 g/mol. The Bertz CT molecular complexity index is 517. The topological polar surface area (TPSA) is 46.5 Å². The maximum atomic E-state index is 10.8. The molecule has 1 aromatic heterocycles. The lowest BCUT2D eigenvalue weighted by Gasteiger charge is -2.08. The molecule has 88 valence electrons. The number of benzene rings is 1. The van der Waals surface area contributed by atoms with E-state index in [1.807, 2.05) is 23.8 Å². The van der Waals surface area contributed by atoms with Crippen LogP contribution in [-0.2, 0) is 6.61 Å². The van der Waals surface area contributed by atoms with E-state index in [1.54, 1.807) is 29.5 Å². The number of carbonyl (C=O) groups is 1. The van der Waals surface area contributed by atoms with E-state index in [1.165, 1.54) is 0 Å². The Kier molecular flexibility index (Phi) is 3.44. The van der Waals surface area contributed by atoms with Crippen LogP contribution in [0, 0.1) is 6.92 Å². The van der Waals surface area contributed by atoms with E-state index in [-0.39, 0.29) is 5.56 Å². The van der Waals surface area contributed by atoms with E-state index in [2.05, 4.69) is 0 Å². The fourth-order valence-electron chi connectivity index (χ4n) is 1.42. The van der Waals surface area contributed by atoms with Gasteiger partial charge in [0.2, 0.25) is 0 Å². The monoisotopic (exact) mass is 248 g/mol. The summed E-state index contributed by atoms with van der Waals surface area (Å²) in [7, 11) is 0. The minimum absolute atomic E-state index is 0.246. The molecule has 0 unspecified atom stereocenters. The molecular formula is C13H12O3S. The first-order chi connectivity index (χ1) is 8.16. The third kappa shape index (κ3) is 2.85. The summed E-state index contributed by atoms with van der Waals surface area (Å²) in [6, 6.07) is 6.88. The summed E-state index contributed by atoms with van der Waals surface area (Å²) in [4.78, 5) is 10.8. The van der Waals surface area contributed by atoms with Crippen LogP contribution in [0.25, 0.3) is 0 Å². The predicted molar refractivity (Wildman–Crippen MR) is 66.8 cm³/mol. The summed E-state index contributed by atoms with van der Waals surface area (Å²) < 4.78 is 5.62. The Morgan fingerprint density at radius 1 is 1.41 bits per heavy atom. The highest BCUT2D eigenvalue weighted by Crippen LogP contribution is 2.21. The number of ether oxygens (including phenoxy) is 1. The van der Waals surface area contributed by atoms with E-state index in [0.717, 1.165) is 11.1 Å². The summed E-state index contributed by atoms with van der Waals surface area (Å²) in [6.45, 7) is 2.36. The van der Waals surface area contributed by atoms with E-state index >= 15 is 0 Å². The number of hydrogen-bond donors (Lipinski definition) is 1. The van der Waals surface area contributed by atoms with Gasteiger partial charge in [0.15, 0.2) is 0 Å². The Hall–Kier alpha value is -1.81. The molecule has 2 aromatic rings. The van der Waals surface area contributed by atoms with Crippen molar-refractivity contribution >= 4 is 17.3 Å². The molecule has 0 spiro atoms. The van der Waals surface area contributed by atoms with Crippen molar-refractivity contribution in [3.05, 3.63) is 51.7 Å². The normalized spacial score (nSPS) is 10.2. The molecule has 0 amide bonds. The van der Waals surface area contributed by atoms with Gasteiger partial charge in [0.25, 0.3) is 0 Å². The molecule has 2 rings (SSSR count). The number of carboxylic acids is 1. The average Bonchev–Trinajstić information content (AvgIpc) is 2.80. The molecule has 0 saturated heterocycles. The number of aromatic carboxylic acids is 1. The number of hydrogen-bond acceptors (Lipinski definition) is 3. The van der Waals surface area contributed by atoms with E-state index < -0.39 is 5.97 Å². The number of aryl methyl sites for hydroxylation is 1. The second-order valence-corrected chi connectivity index (χ2v) is 4.49. The van der Waals surface area contributed by atoms with Gasteiger partial charge >= 0.3 is 5.97 Å². The molecule has 0 aliphatic carbocycles. The van der Waals surface area contributed by atoms with Crippen molar-refractivity contribution in [1.82, 2.24) is 0 Å². The van der Waals surface area contributed by atoms with Crippen LogP contribution < -0.4 is 4.74 Å². The van der Waals surface area contributed by atoms with Crippen molar-refractivity contribution in [3.63, 3.8) is 0 Å². The second kappa shape index (κ2) is 5.01. The van der Waals surface area contributed by atoms with E-state index in [9.17, 15) is 4.79 Å². The zero-order valence-corrected chi connectivity index (χ0v) is 10.2. The molecule has 0 radical (unpaired) electrons. The van der Waals surface area contributed by atoms with Crippen LogP contribution in [0.4, 0.5) is 0 Å². The summed E-state index contributed by atoms with van der Waals surface area (Å²) >= 11 is 1.61. The van der Waals surface area contributed by atoms with Crippen LogP contribution in [0.3, 0.4) is 0 Å². The Labute approximate surface area is 103 Å². The van der Waals surface area contributed by atoms with Crippen LogP contribution in [0.5, 0.6) is 5.75 Å². The van der Waals surface area contributed by atoms with E-state index in [4.69, 9.17) is 9.84 Å². The maximum absolute atomic E-state index is 10.8. The van der Waals surface area contributed by atoms with Crippen LogP contribution in [0.1, 0.15) is 21.5 Å². The third-order valence-electron chi connectivity index (χ3n) is 2.41. The van der Waals surface area contributed by atoms with Crippen LogP contribution in [-0.4, -0.2) is 11.1 Å². The van der Waals surface area contributed by atoms with Crippen molar-refractivity contribution in [3.8, 4) is 5.75 Å². The zero-order chi connectivity index (χ0) is 12.3. The van der Waals surface area contributed by atoms with Crippen LogP contribution in [0.2, 0.25) is 0 Å². The Balaban J connectivity index is 2.14. The number of rotatable bonds is 4. The van der Waals surface area contributed by atoms with Crippen LogP contribution >= 0.6 is 11.3 Å². The van der Waals surface area contributed by atoms with Crippen molar-refractivity contribution in [2.24, 2.45) is 0 Å². The summed E-state index contributed by atoms with van der Waals surface area (Å²) in [5.41, 5.74) is 2.27. The van der Waals surface area contributed by atoms with Gasteiger partial charge in [0.05, 0.1) is 5.56 Å². The van der Waals surface area contributed by atoms with Gasteiger partial charge in [-0.15, -0.1) is 0 Å². The first-order valence-electron chi connectivity index (χ1n) is 5.14. The van der Waals surface area contributed by atoms with Gasteiger partial charge in [-0.05, 0) is 47.0 Å². The minimum atomic E-state index is -0.939. The molecule has 4 heteroatoms. The molecule has 0 aliphatic rings. The highest BCUT2D eigenvalue weighted by molar-refractivity contribution is 7.07. The molecule has 0 atom stereocenters. The van der Waals surface area contributed by atoms with Crippen LogP contribution in [0.15, 0.2) is 35.0 Å². The number of thiophene rings is 1. The van der Waals surface area contributed by atoms with E-state index in [0.29, 0.717) is 12.4 Å². The molecule has 1 aromatic carbocycles. The first kappa shape index (κ1) is 11.7. The molecule has 0 aliphatic heterocycles. The smallest absolute Gasteiger partial charge is 0.335 e. The molecule has 0 bridgehead atoms. The van der Waals surface area contributed by atoms with Crippen molar-refractivity contribution in [2.75, 3.05) is 0 Å². The van der Waals surface area contributed by atoms with Gasteiger partial charge < -0.3 is 9.84 Å². The minimum Gasteiger partial charge on any atom is -0.489 e. The molecule has 3 nitrogen and oxygen atoms in total. The zero-order valence-electron chi connectivity index (χ0n) is 9.34. The average molecular weight is 248 g/mol. The first-order valence-corrected chi connectivity index (χ1v) is 6.09. The third-order valence-corrected chi connectivity index (χ3v) is 3.14. The van der Waals surface area contributed by atoms with Gasteiger partial charge in [-0.25, -0.2) is 4.79 Å². The molecule has 0 saturated carbocycles. The van der Waals surface area contributed by atoms with Gasteiger partial charge in [-0.1, -0.05) is 6.07 Å². The van der Waals surface area contributed by atoms with Gasteiger partial charge in [0, 0.05) is 0 Å². The van der Waals surface area contributed by atoms with Gasteiger partial charge in [-0.2, -0.15) is 11.3 Å². The molecule has 1 heterocycles. The fourth-order valence-corrected chi connectivity index (χ4v) is 2.08. The van der Waals surface area contributed by atoms with Gasteiger partial charge in [-0.3, -0.25) is 0 Å². The fraction of sp³-hybridized carbons (Fsp3) is 0.154. The lowest BCUT2D eigenvalue weighted by Crippen LogP contribution is -2.00. The SMILES string of the molecule is Cc1ccc(C(=O)O)cc1OCc1ccsc1. The molecule has 1 N–H and O–H groups in total. The standard InChI is InChI=1S/C13H12O3S/c1-9-2-3-11(13(14)15)6-12(9)16-7-10-4-5-17-8-10/h2-6,8H,7H2,1H3,(H,14,15). The highest BCUT2D eigenvalue weighted by atomic mass is 32.1. The van der Waals surface area contributed by atoms with Crippen molar-refractivity contribution in [1.29, 1.82) is 0 Å². The Morgan fingerprint density at radius 3 is 2.88 bits per heavy atom. The maximum Gasteiger partial charge on any atom is 0.335 e. The second-order valence-electron chi connectivity index (χ2n) is 3.71. The summed E-state index contributed by atoms with van der Waals surface area (Å²) in [5.74, 6) is -0.318. The summed E-state index contributed by atoms with van der Waals surface area (Å²) in [5, 5.41) is 12.9. The highest BCUT2D eigenvalue weighted by Gasteiger charge is 2.07. The number of carboxylic acid groups (broad SMARTS) is 1. The predicted octanol–water partition coefficient (Wildman–Crippen LogP) is 3.33. The largest absolute Gasteiger partial charge is 0.489 e. The molecule has 0 fully saturated rings. The Morgan fingerprint density at radius 2 is 2.24 bits per heavy atom. The molecule has 17 heavy (non-hydrogen) atoms. The lowest BCUT2D eigenvalue weighted by atomic mass is 10.1. The lowest BCUT2D eigenvalue weighted by molar-refractivity contribution is 0.0696. The quantitative estimate of drug-likeness (QED) is 0.902. The van der Waals surface area contributed by atoms with Gasteiger partial charge in [0.1, 0.15) is 12.4 Å². The van der Waals surface area contributed by atoms with Crippen molar-refractivity contribution < 1.29 is 14.6 Å².